The zero-order valence-electron chi connectivity index (χ0n) is 24.3. The third-order valence-electron chi connectivity index (χ3n) is 9.55. The van der Waals surface area contributed by atoms with Gasteiger partial charge in [-0.2, -0.15) is 0 Å². The van der Waals surface area contributed by atoms with Gasteiger partial charge in [0.05, 0.1) is 0 Å². The summed E-state index contributed by atoms with van der Waals surface area (Å²) in [5.74, 6) is 1.71. The van der Waals surface area contributed by atoms with E-state index in [1.54, 1.807) is 0 Å². The van der Waals surface area contributed by atoms with Crippen LogP contribution in [0.2, 0.25) is 0 Å². The van der Waals surface area contributed by atoms with Crippen LogP contribution in [-0.2, 0) is 5.41 Å². The zero-order chi connectivity index (χ0) is 28.7. The molecule has 43 heavy (non-hydrogen) atoms. The number of para-hydroxylation sites is 1. The Hall–Kier alpha value is -5.08. The van der Waals surface area contributed by atoms with Crippen molar-refractivity contribution >= 4 is 49.1 Å². The van der Waals surface area contributed by atoms with E-state index >= 15 is 0 Å². The highest BCUT2D eigenvalue weighted by atomic mass is 16.5. The van der Waals surface area contributed by atoms with Crippen LogP contribution in [0.1, 0.15) is 43.4 Å². The first kappa shape index (κ1) is 24.5. The monoisotopic (exact) mass is 554 g/mol. The summed E-state index contributed by atoms with van der Waals surface area (Å²) in [4.78, 5) is 0. The number of allylic oxidation sites excluding steroid dienone is 4. The van der Waals surface area contributed by atoms with Gasteiger partial charge in [-0.25, -0.2) is 0 Å². The van der Waals surface area contributed by atoms with E-state index < -0.39 is 0 Å². The van der Waals surface area contributed by atoms with Gasteiger partial charge in [0.25, 0.3) is 0 Å². The first-order valence-corrected chi connectivity index (χ1v) is 15.2. The third-order valence-corrected chi connectivity index (χ3v) is 9.55. The number of fused-ring (bicyclic) bond motifs is 8. The highest BCUT2D eigenvalue weighted by Crippen LogP contribution is 2.53. The first-order chi connectivity index (χ1) is 21.1. The summed E-state index contributed by atoms with van der Waals surface area (Å²) in [7, 11) is 0. The summed E-state index contributed by atoms with van der Waals surface area (Å²) in [6.07, 6.45) is 9.16. The molecule has 0 spiro atoms. The summed E-state index contributed by atoms with van der Waals surface area (Å²) >= 11 is 0. The Morgan fingerprint density at radius 2 is 1.26 bits per heavy atom. The molecule has 6 aromatic carbocycles. The van der Waals surface area contributed by atoms with Gasteiger partial charge in [0.1, 0.15) is 11.3 Å². The van der Waals surface area contributed by atoms with Gasteiger partial charge >= 0.3 is 0 Å². The Bertz CT molecular complexity index is 2290. The van der Waals surface area contributed by atoms with E-state index in [1.165, 1.54) is 43.8 Å². The van der Waals surface area contributed by atoms with Crippen molar-refractivity contribution < 1.29 is 9.15 Å². The lowest BCUT2D eigenvalue weighted by Crippen LogP contribution is -2.24. The molecule has 0 unspecified atom stereocenters. The van der Waals surface area contributed by atoms with E-state index in [-0.39, 0.29) is 5.41 Å². The van der Waals surface area contributed by atoms with Crippen molar-refractivity contribution in [3.8, 4) is 22.6 Å². The van der Waals surface area contributed by atoms with Gasteiger partial charge in [-0.1, -0.05) is 117 Å². The molecule has 1 aliphatic heterocycles. The van der Waals surface area contributed by atoms with Gasteiger partial charge in [0.15, 0.2) is 11.3 Å². The molecule has 2 heterocycles. The Kier molecular flexibility index (Phi) is 5.11. The van der Waals surface area contributed by atoms with Crippen LogP contribution in [-0.4, -0.2) is 0 Å². The smallest absolute Gasteiger partial charge is 0.178 e. The van der Waals surface area contributed by atoms with Gasteiger partial charge in [-0.05, 0) is 74.8 Å². The molecule has 206 valence electrons. The highest BCUT2D eigenvalue weighted by molar-refractivity contribution is 6.19. The Morgan fingerprint density at radius 1 is 0.605 bits per heavy atom. The number of hydrogen-bond donors (Lipinski definition) is 0. The topological polar surface area (TPSA) is 22.4 Å². The molecule has 0 saturated heterocycles. The summed E-state index contributed by atoms with van der Waals surface area (Å²) in [6, 6.07) is 37.1. The number of ether oxygens (including phenoxy) is 1. The van der Waals surface area contributed by atoms with Crippen molar-refractivity contribution in [2.24, 2.45) is 0 Å². The fourth-order valence-corrected chi connectivity index (χ4v) is 7.44. The molecule has 2 nitrogen and oxygen atoms in total. The molecule has 7 aromatic rings. The normalized spacial score (nSPS) is 15.4. The largest absolute Gasteiger partial charge is 0.453 e. The molecule has 1 aliphatic carbocycles. The highest BCUT2D eigenvalue weighted by Gasteiger charge is 2.36. The van der Waals surface area contributed by atoms with Crippen LogP contribution < -0.4 is 4.74 Å². The fourth-order valence-electron chi connectivity index (χ4n) is 7.44. The number of furan rings is 1. The van der Waals surface area contributed by atoms with Crippen molar-refractivity contribution in [2.45, 2.75) is 32.1 Å². The maximum Gasteiger partial charge on any atom is 0.178 e. The quantitative estimate of drug-likeness (QED) is 0.198. The fraction of sp³-hybridized carbons (Fsp3) is 0.122. The minimum atomic E-state index is -0.248. The second-order valence-electron chi connectivity index (χ2n) is 12.3. The lowest BCUT2D eigenvalue weighted by molar-refractivity contribution is 0.415. The van der Waals surface area contributed by atoms with Crippen LogP contribution in [0, 0.1) is 0 Å². The SMILES string of the molecule is CC1(C)c2ccc(-c3c4ccccc4c(C4=CCCC=C4)c4ccccc34)cc2Oc2c1ccc1c2oc2ccccc21. The van der Waals surface area contributed by atoms with E-state index in [1.807, 2.05) is 12.1 Å². The van der Waals surface area contributed by atoms with Crippen LogP contribution >= 0.6 is 0 Å². The second-order valence-corrected chi connectivity index (χ2v) is 12.3. The van der Waals surface area contributed by atoms with Crippen molar-refractivity contribution in [2.75, 3.05) is 0 Å². The van der Waals surface area contributed by atoms with E-state index in [0.717, 1.165) is 57.4 Å². The summed E-state index contributed by atoms with van der Waals surface area (Å²) < 4.78 is 13.3. The molecule has 2 heteroatoms. The summed E-state index contributed by atoms with van der Waals surface area (Å²) in [5.41, 5.74) is 8.81. The zero-order valence-corrected chi connectivity index (χ0v) is 24.3. The molecule has 0 fully saturated rings. The Labute approximate surface area is 250 Å². The second kappa shape index (κ2) is 8.96. The molecule has 0 amide bonds. The molecule has 0 radical (unpaired) electrons. The lowest BCUT2D eigenvalue weighted by Gasteiger charge is -2.34. The Balaban J connectivity index is 1.29. The maximum atomic E-state index is 6.85. The van der Waals surface area contributed by atoms with Crippen LogP contribution in [0.25, 0.3) is 60.2 Å². The lowest BCUT2D eigenvalue weighted by atomic mass is 9.75. The molecule has 1 aromatic heterocycles. The van der Waals surface area contributed by atoms with Crippen LogP contribution in [0.15, 0.2) is 126 Å². The van der Waals surface area contributed by atoms with E-state index in [2.05, 4.69) is 123 Å². The van der Waals surface area contributed by atoms with Crippen molar-refractivity contribution in [3.05, 3.63) is 138 Å². The summed E-state index contributed by atoms with van der Waals surface area (Å²) in [6.45, 7) is 4.57. The average molecular weight is 555 g/mol. The molecule has 0 atom stereocenters. The Morgan fingerprint density at radius 3 is 1.95 bits per heavy atom. The molecule has 2 aliphatic rings. The van der Waals surface area contributed by atoms with Crippen LogP contribution in [0.5, 0.6) is 11.5 Å². The van der Waals surface area contributed by atoms with Crippen molar-refractivity contribution in [3.63, 3.8) is 0 Å². The standard InChI is InChI=1S/C41H30O2/c1-41(2)33-22-20-26(24-36(33)43-40-34(41)23-21-32-27-14-10-11-19-35(27)42-39(32)40)38-30-17-8-6-15-28(30)37(25-12-4-3-5-13-25)29-16-7-9-18-31(29)38/h4,6-24H,3,5H2,1-2H3. The minimum absolute atomic E-state index is 0.248. The predicted molar refractivity (Wildman–Crippen MR) is 179 cm³/mol. The molecule has 0 bridgehead atoms. The number of benzene rings is 6. The predicted octanol–water partition coefficient (Wildman–Crippen LogP) is 11.7. The molecular weight excluding hydrogens is 524 g/mol. The van der Waals surface area contributed by atoms with Crippen molar-refractivity contribution in [1.82, 2.24) is 0 Å². The number of rotatable bonds is 2. The average Bonchev–Trinajstić information content (AvgIpc) is 3.43. The van der Waals surface area contributed by atoms with Crippen LogP contribution in [0.3, 0.4) is 0 Å². The third kappa shape index (κ3) is 3.47. The van der Waals surface area contributed by atoms with E-state index in [4.69, 9.17) is 9.15 Å². The van der Waals surface area contributed by atoms with Gasteiger partial charge in [-0.15, -0.1) is 0 Å². The molecule has 0 saturated carbocycles. The molecule has 9 rings (SSSR count). The van der Waals surface area contributed by atoms with Crippen molar-refractivity contribution in [1.29, 1.82) is 0 Å². The minimum Gasteiger partial charge on any atom is -0.453 e. The van der Waals surface area contributed by atoms with Gasteiger partial charge in [-0.3, -0.25) is 0 Å². The van der Waals surface area contributed by atoms with E-state index in [0.29, 0.717) is 0 Å². The maximum absolute atomic E-state index is 6.85. The van der Waals surface area contributed by atoms with E-state index in [9.17, 15) is 0 Å². The number of hydrogen-bond acceptors (Lipinski definition) is 2. The summed E-state index contributed by atoms with van der Waals surface area (Å²) in [5, 5.41) is 7.27. The molecule has 0 N–H and O–H groups in total. The van der Waals surface area contributed by atoms with Crippen LogP contribution in [0.4, 0.5) is 0 Å². The van der Waals surface area contributed by atoms with Gasteiger partial charge in [0.2, 0.25) is 0 Å². The van der Waals surface area contributed by atoms with Gasteiger partial charge < -0.3 is 9.15 Å². The first-order valence-electron chi connectivity index (χ1n) is 15.2. The molecular formula is C41H30O2. The van der Waals surface area contributed by atoms with Gasteiger partial charge in [0, 0.05) is 27.3 Å².